The van der Waals surface area contributed by atoms with Crippen LogP contribution in [0.15, 0.2) is 57.4 Å². The first-order valence-corrected chi connectivity index (χ1v) is 11.1. The molecule has 3 atom stereocenters. The molecule has 0 spiro atoms. The minimum Gasteiger partial charge on any atom is -0.480 e. The Hall–Kier alpha value is -2.77. The zero-order chi connectivity index (χ0) is 22.6. The monoisotopic (exact) mass is 474 g/mol. The summed E-state index contributed by atoms with van der Waals surface area (Å²) in [5, 5.41) is 13.1. The van der Waals surface area contributed by atoms with Crippen molar-refractivity contribution in [3.05, 3.63) is 60.0 Å². The number of aromatic nitrogens is 2. The number of carboxylic acids is 1. The normalized spacial score (nSPS) is 23.6. The molecule has 2 N–H and O–H groups in total. The fourth-order valence-electron chi connectivity index (χ4n) is 3.63. The molecule has 0 radical (unpaired) electrons. The summed E-state index contributed by atoms with van der Waals surface area (Å²) >= 11 is 0.625. The predicted molar refractivity (Wildman–Crippen MR) is 99.9 cm³/mol. The summed E-state index contributed by atoms with van der Waals surface area (Å²) in [6.45, 7) is 1.64. The standard InChI is InChI=1S/C18H14F3N3O5S2/c1-10-15(11-5-3-2-4-6-11)17(10,16(25)26)22-31(27,28)14-8-7-13(30-14)24-9-12(29-23-24)18(19,20)21/h2-10,15,22H,1H3/p+1/t10?,15-,17-/m0/s1. The Bertz CT molecular complexity index is 1240. The molecule has 2 aromatic heterocycles. The maximum absolute atomic E-state index is 12.9. The van der Waals surface area contributed by atoms with Gasteiger partial charge in [0.2, 0.25) is 5.27 Å². The Morgan fingerprint density at radius 3 is 2.52 bits per heavy atom. The van der Waals surface area contributed by atoms with Crippen molar-refractivity contribution in [1.82, 2.24) is 9.99 Å². The van der Waals surface area contributed by atoms with Gasteiger partial charge < -0.3 is 5.11 Å². The minimum atomic E-state index is -4.74. The lowest BCUT2D eigenvalue weighted by Gasteiger charge is -2.15. The van der Waals surface area contributed by atoms with Crippen LogP contribution in [0.25, 0.3) is 5.00 Å². The second-order valence-electron chi connectivity index (χ2n) is 7.06. The van der Waals surface area contributed by atoms with Gasteiger partial charge in [0.05, 0.1) is 0 Å². The average molecular weight is 474 g/mol. The zero-order valence-electron chi connectivity index (χ0n) is 15.7. The van der Waals surface area contributed by atoms with Gasteiger partial charge in [-0.15, -0.1) is 0 Å². The van der Waals surface area contributed by atoms with E-state index in [1.54, 1.807) is 37.3 Å². The lowest BCUT2D eigenvalue weighted by molar-refractivity contribution is -0.666. The number of nitrogens with one attached hydrogen (secondary N) is 1. The fraction of sp³-hybridized carbons (Fsp3) is 0.278. The molecule has 1 aliphatic carbocycles. The molecule has 13 heteroatoms. The van der Waals surface area contributed by atoms with Crippen LogP contribution in [0.5, 0.6) is 0 Å². The largest absolute Gasteiger partial charge is 0.480 e. The number of halogens is 3. The smallest absolute Gasteiger partial charge is 0.458 e. The van der Waals surface area contributed by atoms with Gasteiger partial charge in [0, 0.05) is 12.0 Å². The van der Waals surface area contributed by atoms with Crippen molar-refractivity contribution in [3.63, 3.8) is 0 Å². The van der Waals surface area contributed by atoms with Gasteiger partial charge >= 0.3 is 17.9 Å². The van der Waals surface area contributed by atoms with Crippen LogP contribution in [0.1, 0.15) is 24.2 Å². The van der Waals surface area contributed by atoms with Crippen molar-refractivity contribution in [1.29, 1.82) is 0 Å². The van der Waals surface area contributed by atoms with Crippen molar-refractivity contribution in [2.24, 2.45) is 5.92 Å². The van der Waals surface area contributed by atoms with Gasteiger partial charge in [-0.1, -0.05) is 48.6 Å². The summed E-state index contributed by atoms with van der Waals surface area (Å²) in [7, 11) is -4.29. The number of aliphatic carboxylic acids is 1. The van der Waals surface area contributed by atoms with Gasteiger partial charge in [0.1, 0.15) is 9.75 Å². The number of carboxylic acid groups (broad SMARTS) is 1. The van der Waals surface area contributed by atoms with Crippen LogP contribution in [0.3, 0.4) is 0 Å². The Labute approximate surface area is 177 Å². The van der Waals surface area contributed by atoms with Crippen molar-refractivity contribution in [2.75, 3.05) is 0 Å². The third kappa shape index (κ3) is 3.62. The Morgan fingerprint density at radius 2 is 1.94 bits per heavy atom. The number of alkyl halides is 3. The molecule has 8 nitrogen and oxygen atoms in total. The molecular formula is C18H15F3N3O5S2+. The van der Waals surface area contributed by atoms with Crippen LogP contribution in [0.2, 0.25) is 0 Å². The maximum atomic E-state index is 12.9. The SMILES string of the molecule is CC1[C@@H](c2ccccc2)[C@]1(NS(=O)(=O)c1ccc(-[n+]2cc(C(F)(F)F)on2)s1)C(=O)O. The molecule has 0 saturated heterocycles. The molecule has 1 aliphatic rings. The number of benzene rings is 1. The topological polar surface area (TPSA) is 113 Å². The fourth-order valence-corrected chi connectivity index (χ4v) is 6.30. The van der Waals surface area contributed by atoms with E-state index in [1.165, 1.54) is 6.07 Å². The van der Waals surface area contributed by atoms with Crippen LogP contribution in [-0.4, -0.2) is 30.3 Å². The van der Waals surface area contributed by atoms with Gasteiger partial charge in [0.25, 0.3) is 21.2 Å². The predicted octanol–water partition coefficient (Wildman–Crippen LogP) is 2.57. The van der Waals surface area contributed by atoms with Crippen molar-refractivity contribution < 1.29 is 40.7 Å². The van der Waals surface area contributed by atoms with E-state index >= 15 is 0 Å². The lowest BCUT2D eigenvalue weighted by atomic mass is 10.1. The molecule has 1 saturated carbocycles. The van der Waals surface area contributed by atoms with Gasteiger partial charge in [0.15, 0.2) is 0 Å². The van der Waals surface area contributed by atoms with E-state index in [1.807, 2.05) is 0 Å². The number of rotatable bonds is 6. The highest BCUT2D eigenvalue weighted by Crippen LogP contribution is 2.58. The molecule has 3 aromatic rings. The highest BCUT2D eigenvalue weighted by Gasteiger charge is 2.70. The van der Waals surface area contributed by atoms with Crippen molar-refractivity contribution in [2.45, 2.75) is 28.8 Å². The van der Waals surface area contributed by atoms with Gasteiger partial charge in [-0.25, -0.2) is 8.42 Å². The quantitative estimate of drug-likeness (QED) is 0.531. The summed E-state index contributed by atoms with van der Waals surface area (Å²) in [5.41, 5.74) is -1.04. The van der Waals surface area contributed by atoms with Crippen molar-refractivity contribution >= 4 is 27.3 Å². The highest BCUT2D eigenvalue weighted by atomic mass is 32.2. The van der Waals surface area contributed by atoms with Gasteiger partial charge in [-0.05, 0) is 22.2 Å². The summed E-state index contributed by atoms with van der Waals surface area (Å²) in [6.07, 6.45) is -4.16. The summed E-state index contributed by atoms with van der Waals surface area (Å²) in [4.78, 5) is 12.1. The third-order valence-corrected chi connectivity index (χ3v) is 8.27. The van der Waals surface area contributed by atoms with Crippen LogP contribution in [-0.2, 0) is 21.0 Å². The summed E-state index contributed by atoms with van der Waals surface area (Å²) in [6, 6.07) is 11.1. The molecule has 0 bridgehead atoms. The number of thiophene rings is 1. The Kier molecular flexibility index (Phi) is 4.94. The first kappa shape index (κ1) is 21.5. The summed E-state index contributed by atoms with van der Waals surface area (Å²) in [5.74, 6) is -3.73. The average Bonchev–Trinajstić information content (AvgIpc) is 3.13. The minimum absolute atomic E-state index is 0.0486. The molecule has 0 amide bonds. The van der Waals surface area contributed by atoms with Crippen LogP contribution < -0.4 is 9.40 Å². The first-order valence-electron chi connectivity index (χ1n) is 8.85. The second kappa shape index (κ2) is 7.14. The van der Waals surface area contributed by atoms with Crippen LogP contribution in [0, 0.1) is 5.92 Å². The van der Waals surface area contributed by atoms with E-state index in [-0.39, 0.29) is 9.21 Å². The lowest BCUT2D eigenvalue weighted by Crippen LogP contribution is -2.45. The molecule has 1 unspecified atom stereocenters. The molecule has 1 fully saturated rings. The molecule has 0 aliphatic heterocycles. The molecule has 1 aromatic carbocycles. The highest BCUT2D eigenvalue weighted by molar-refractivity contribution is 7.91. The van der Waals surface area contributed by atoms with E-state index in [9.17, 15) is 31.5 Å². The van der Waals surface area contributed by atoms with E-state index in [0.29, 0.717) is 23.1 Å². The van der Waals surface area contributed by atoms with Gasteiger partial charge in [-0.3, -0.25) is 9.32 Å². The number of carbonyl (C=O) groups is 1. The zero-order valence-corrected chi connectivity index (χ0v) is 17.3. The van der Waals surface area contributed by atoms with E-state index in [2.05, 4.69) is 14.5 Å². The number of sulfonamides is 1. The molecule has 2 heterocycles. The number of hydrogen-bond donors (Lipinski definition) is 2. The molecule has 31 heavy (non-hydrogen) atoms. The molecule has 4 rings (SSSR count). The van der Waals surface area contributed by atoms with E-state index in [4.69, 9.17) is 0 Å². The van der Waals surface area contributed by atoms with Gasteiger partial charge in [-0.2, -0.15) is 17.9 Å². The molecule has 164 valence electrons. The van der Waals surface area contributed by atoms with Crippen LogP contribution in [0.4, 0.5) is 13.2 Å². The maximum Gasteiger partial charge on any atom is 0.458 e. The number of nitrogens with zero attached hydrogens (tertiary/aromatic N) is 2. The Morgan fingerprint density at radius 1 is 1.26 bits per heavy atom. The first-order chi connectivity index (χ1) is 14.5. The summed E-state index contributed by atoms with van der Waals surface area (Å²) < 4.78 is 70.9. The van der Waals surface area contributed by atoms with E-state index < -0.39 is 45.3 Å². The van der Waals surface area contributed by atoms with E-state index in [0.717, 1.165) is 10.7 Å². The third-order valence-electron chi connectivity index (χ3n) is 5.22. The molecular weight excluding hydrogens is 459 g/mol. The van der Waals surface area contributed by atoms with Crippen LogP contribution >= 0.6 is 11.3 Å². The Balaban J connectivity index is 1.62. The van der Waals surface area contributed by atoms with Crippen molar-refractivity contribution in [3.8, 4) is 5.00 Å². The number of hydrogen-bond acceptors (Lipinski definition) is 6. The second-order valence-corrected chi connectivity index (χ2v) is 10.0.